The van der Waals surface area contributed by atoms with Crippen molar-refractivity contribution in [2.75, 3.05) is 0 Å². The molecule has 0 N–H and O–H groups in total. The summed E-state index contributed by atoms with van der Waals surface area (Å²) in [6.07, 6.45) is 0. The monoisotopic (exact) mass is 1610 g/mol. The molecule has 6 aromatic heterocycles. The SMILES string of the molecule is N#Cc1ccc(-c2nc(-c3ccc(-c4nc(-c5ccccc5)nc(-c5ccccc5)n4)cc3)c3ccccc3n2)cc1.c1ccc(-c2nc(-c3ccccc3)nc(-c3ccc(-c4nc(-c5cccc6ccccc56)nc5ccccc45)cc3)n2)cc1.c1ccc(-c2nc(-c3ccccc3)nc(-c3ccc(-c4nc(-c5ccccc5)nc5ccccc45)cc3)n2)cc1. The van der Waals surface area contributed by atoms with Crippen LogP contribution in [0.4, 0.5) is 0 Å². The highest BCUT2D eigenvalue weighted by Gasteiger charge is 2.21. The summed E-state index contributed by atoms with van der Waals surface area (Å²) < 4.78 is 0. The van der Waals surface area contributed by atoms with E-state index in [1.807, 2.05) is 322 Å². The predicted octanol–water partition coefficient (Wildman–Crippen LogP) is 25.5. The molecule has 126 heavy (non-hydrogen) atoms. The van der Waals surface area contributed by atoms with Gasteiger partial charge in [0.1, 0.15) is 0 Å². The quantitative estimate of drug-likeness (QED) is 0.0932. The Morgan fingerprint density at radius 2 is 0.341 bits per heavy atom. The maximum atomic E-state index is 9.19. The second-order valence-electron chi connectivity index (χ2n) is 29.7. The zero-order valence-corrected chi connectivity index (χ0v) is 67.6. The molecule has 0 aliphatic rings. The molecule has 590 valence electrons. The van der Waals surface area contributed by atoms with E-state index in [1.165, 1.54) is 0 Å². The number of hydrogen-bond donors (Lipinski definition) is 0. The molecular formula is C110H70N16. The van der Waals surface area contributed by atoms with Gasteiger partial charge in [-0.15, -0.1) is 0 Å². The summed E-state index contributed by atoms with van der Waals surface area (Å²) in [6, 6.07) is 143. The van der Waals surface area contributed by atoms with E-state index in [-0.39, 0.29) is 0 Å². The first-order chi connectivity index (χ1) is 62.4. The molecule has 0 atom stereocenters. The van der Waals surface area contributed by atoms with E-state index in [9.17, 15) is 5.26 Å². The van der Waals surface area contributed by atoms with Gasteiger partial charge in [0.05, 0.1) is 45.3 Å². The minimum atomic E-state index is 0.597. The first kappa shape index (κ1) is 77.0. The Hall–Kier alpha value is -17.7. The van der Waals surface area contributed by atoms with Crippen LogP contribution >= 0.6 is 0 Å². The fourth-order valence-corrected chi connectivity index (χ4v) is 15.1. The van der Waals surface area contributed by atoms with Crippen LogP contribution in [0.5, 0.6) is 0 Å². The molecule has 16 heteroatoms. The van der Waals surface area contributed by atoms with Crippen molar-refractivity contribution in [2.45, 2.75) is 0 Å². The zero-order chi connectivity index (χ0) is 84.3. The largest absolute Gasteiger partial charge is 0.228 e. The van der Waals surface area contributed by atoms with Crippen molar-refractivity contribution >= 4 is 43.5 Å². The lowest BCUT2D eigenvalue weighted by Crippen LogP contribution is -2.00. The van der Waals surface area contributed by atoms with Crippen LogP contribution < -0.4 is 0 Å². The number of aromatic nitrogens is 15. The van der Waals surface area contributed by atoms with Gasteiger partial charge in [0.2, 0.25) is 0 Å². The van der Waals surface area contributed by atoms with Crippen LogP contribution in [0.15, 0.2) is 425 Å². The van der Waals surface area contributed by atoms with Crippen molar-refractivity contribution in [3.63, 3.8) is 0 Å². The zero-order valence-electron chi connectivity index (χ0n) is 67.6. The van der Waals surface area contributed by atoms with Gasteiger partial charge in [-0.1, -0.05) is 382 Å². The number of benzene rings is 16. The first-order valence-corrected chi connectivity index (χ1v) is 41.1. The minimum Gasteiger partial charge on any atom is -0.228 e. The van der Waals surface area contributed by atoms with E-state index in [0.717, 1.165) is 144 Å². The number of nitrogens with zero attached hydrogens (tertiary/aromatic N) is 16. The maximum absolute atomic E-state index is 9.19. The average molecular weight is 1620 g/mol. The van der Waals surface area contributed by atoms with Gasteiger partial charge in [-0.3, -0.25) is 0 Å². The van der Waals surface area contributed by atoms with Crippen LogP contribution in [-0.2, 0) is 0 Å². The predicted molar refractivity (Wildman–Crippen MR) is 503 cm³/mol. The number of fused-ring (bicyclic) bond motifs is 4. The highest BCUT2D eigenvalue weighted by atomic mass is 15.1. The second kappa shape index (κ2) is 35.3. The van der Waals surface area contributed by atoms with Crippen molar-refractivity contribution in [1.82, 2.24) is 74.8 Å². The van der Waals surface area contributed by atoms with Gasteiger partial charge >= 0.3 is 0 Å². The van der Waals surface area contributed by atoms with Gasteiger partial charge in [-0.2, -0.15) is 5.26 Å². The molecule has 16 aromatic carbocycles. The van der Waals surface area contributed by atoms with Crippen LogP contribution in [0, 0.1) is 11.3 Å². The van der Waals surface area contributed by atoms with Gasteiger partial charge in [-0.05, 0) is 53.2 Å². The Balaban J connectivity index is 0.000000119. The van der Waals surface area contributed by atoms with Gasteiger partial charge in [0.15, 0.2) is 69.9 Å². The number of para-hydroxylation sites is 3. The molecule has 0 radical (unpaired) electrons. The van der Waals surface area contributed by atoms with Crippen LogP contribution in [-0.4, -0.2) is 74.8 Å². The second-order valence-corrected chi connectivity index (χ2v) is 29.7. The molecule has 0 saturated carbocycles. The highest BCUT2D eigenvalue weighted by Crippen LogP contribution is 2.38. The minimum absolute atomic E-state index is 0.597. The molecule has 0 saturated heterocycles. The topological polar surface area (TPSA) is 217 Å². The molecule has 0 spiro atoms. The van der Waals surface area contributed by atoms with Crippen LogP contribution in [0.2, 0.25) is 0 Å². The van der Waals surface area contributed by atoms with Crippen molar-refractivity contribution in [2.24, 2.45) is 0 Å². The fraction of sp³-hybridized carbons (Fsp3) is 0. The Kier molecular flexibility index (Phi) is 21.6. The number of rotatable bonds is 15. The van der Waals surface area contributed by atoms with Crippen LogP contribution in [0.25, 0.3) is 214 Å². The standard InChI is InChI=1S/C39H25N5.C36H22N6.C35H23N5/c1-3-13-28(14-4-1)36-42-37(29-15-5-2-6-16-29)44-38(43-36)30-24-22-27(23-25-30)35-33-19-9-10-21-34(33)40-39(41-35)32-20-11-17-26-12-7-8-18-31(26)32;37-23-24-15-17-28(18-16-24)33-38-31-14-8-7-13-30(31)32(39-33)25-19-21-29(22-20-25)36-41-34(26-9-3-1-4-10-26)40-35(42-36)27-11-5-2-6-12-27;1-4-12-25(13-5-1)32-36-30-19-11-10-18-29(30)31(37-32)24-20-22-28(23-21-24)35-39-33(26-14-6-2-7-15-26)38-34(40-35)27-16-8-3-9-17-27/h1-25H;1-22H;1-23H. The highest BCUT2D eigenvalue weighted by molar-refractivity contribution is 6.00. The van der Waals surface area contributed by atoms with Gasteiger partial charge in [-0.25, -0.2) is 74.8 Å². The normalized spacial score (nSPS) is 11.0. The first-order valence-electron chi connectivity index (χ1n) is 41.1. The molecule has 0 unspecified atom stereocenters. The molecule has 0 aliphatic carbocycles. The molecule has 22 aromatic rings. The summed E-state index contributed by atoms with van der Waals surface area (Å²) in [7, 11) is 0. The molecule has 22 rings (SSSR count). The molecule has 16 nitrogen and oxygen atoms in total. The summed E-state index contributed by atoms with van der Waals surface area (Å²) in [4.78, 5) is 73.3. The van der Waals surface area contributed by atoms with Crippen LogP contribution in [0.3, 0.4) is 0 Å². The Labute approximate surface area is 725 Å². The Morgan fingerprint density at radius 1 is 0.143 bits per heavy atom. The maximum Gasteiger partial charge on any atom is 0.164 e. The Bertz CT molecular complexity index is 7540. The van der Waals surface area contributed by atoms with Crippen molar-refractivity contribution < 1.29 is 0 Å². The Morgan fingerprint density at radius 3 is 0.619 bits per heavy atom. The summed E-state index contributed by atoms with van der Waals surface area (Å²) in [5.41, 5.74) is 20.0. The summed E-state index contributed by atoms with van der Waals surface area (Å²) in [6.45, 7) is 0. The summed E-state index contributed by atoms with van der Waals surface area (Å²) >= 11 is 0. The van der Waals surface area contributed by atoms with E-state index in [4.69, 9.17) is 74.8 Å². The number of hydrogen-bond acceptors (Lipinski definition) is 16. The summed E-state index contributed by atoms with van der Waals surface area (Å²) in [5, 5.41) is 14.4. The van der Waals surface area contributed by atoms with Gasteiger partial charge in [0, 0.05) is 99.6 Å². The molecule has 0 bridgehead atoms. The lowest BCUT2D eigenvalue weighted by atomic mass is 10.0. The van der Waals surface area contributed by atoms with E-state index in [1.54, 1.807) is 12.1 Å². The van der Waals surface area contributed by atoms with Crippen LogP contribution in [0.1, 0.15) is 5.56 Å². The van der Waals surface area contributed by atoms with Gasteiger partial charge < -0.3 is 0 Å². The number of nitriles is 1. The summed E-state index contributed by atoms with van der Waals surface area (Å²) in [5.74, 6) is 7.66. The molecule has 6 heterocycles. The molecule has 0 aliphatic heterocycles. The van der Waals surface area contributed by atoms with E-state index in [0.29, 0.717) is 75.5 Å². The molecule has 0 amide bonds. The lowest BCUT2D eigenvalue weighted by molar-refractivity contribution is 1.07. The molecule has 0 fully saturated rings. The van der Waals surface area contributed by atoms with Gasteiger partial charge in [0.25, 0.3) is 0 Å². The lowest BCUT2D eigenvalue weighted by Gasteiger charge is -2.12. The third kappa shape index (κ3) is 16.6. The third-order valence-electron chi connectivity index (χ3n) is 21.5. The fourth-order valence-electron chi connectivity index (χ4n) is 15.1. The van der Waals surface area contributed by atoms with Crippen molar-refractivity contribution in [3.05, 3.63) is 430 Å². The molecular weight excluding hydrogens is 1550 g/mol. The third-order valence-corrected chi connectivity index (χ3v) is 21.5. The smallest absolute Gasteiger partial charge is 0.164 e. The van der Waals surface area contributed by atoms with Crippen molar-refractivity contribution in [3.8, 4) is 176 Å². The van der Waals surface area contributed by atoms with E-state index in [2.05, 4.69) is 97.1 Å². The van der Waals surface area contributed by atoms with E-state index >= 15 is 0 Å². The average Bonchev–Trinajstić information content (AvgIpc) is 0.799. The van der Waals surface area contributed by atoms with Crippen molar-refractivity contribution in [1.29, 1.82) is 5.26 Å². The van der Waals surface area contributed by atoms with E-state index < -0.39 is 0 Å².